The maximum Gasteiger partial charge on any atom is 0.261 e. The summed E-state index contributed by atoms with van der Waals surface area (Å²) in [4.78, 5) is 41.1. The molecule has 1 amide bonds. The smallest absolute Gasteiger partial charge is 0.261 e. The fourth-order valence-corrected chi connectivity index (χ4v) is 4.84. The molecule has 0 saturated carbocycles. The normalized spacial score (nSPS) is 20.9. The Morgan fingerprint density at radius 1 is 1.21 bits per heavy atom. The topological polar surface area (TPSA) is 81.0 Å². The van der Waals surface area contributed by atoms with Gasteiger partial charge in [-0.15, -0.1) is 0 Å². The summed E-state index contributed by atoms with van der Waals surface area (Å²) >= 11 is 0. The first kappa shape index (κ1) is 18.0. The van der Waals surface area contributed by atoms with Crippen molar-refractivity contribution in [2.24, 2.45) is 0 Å². The van der Waals surface area contributed by atoms with Gasteiger partial charge in [-0.1, -0.05) is 12.1 Å². The molecule has 0 radical (unpaired) electrons. The first-order valence-electron chi connectivity index (χ1n) is 10.1. The zero-order valence-electron chi connectivity index (χ0n) is 16.5. The van der Waals surface area contributed by atoms with Gasteiger partial charge in [0.1, 0.15) is 12.4 Å². The summed E-state index contributed by atoms with van der Waals surface area (Å²) in [5.74, 6) is 0.741. The number of likely N-dealkylation sites (tertiary alicyclic amines) is 1. The van der Waals surface area contributed by atoms with Crippen LogP contribution in [0.1, 0.15) is 36.3 Å². The van der Waals surface area contributed by atoms with Crippen LogP contribution in [0.4, 0.5) is 0 Å². The molecule has 1 spiro atoms. The lowest BCUT2D eigenvalue weighted by Gasteiger charge is -2.40. The molecule has 7 heteroatoms. The van der Waals surface area contributed by atoms with Gasteiger partial charge < -0.3 is 4.90 Å². The van der Waals surface area contributed by atoms with Crippen molar-refractivity contribution in [2.75, 3.05) is 13.1 Å². The van der Waals surface area contributed by atoms with Crippen molar-refractivity contribution in [3.8, 4) is 0 Å². The molecule has 0 bridgehead atoms. The van der Waals surface area contributed by atoms with Crippen molar-refractivity contribution in [2.45, 2.75) is 44.6 Å². The number of aromatic nitrogens is 4. The highest BCUT2D eigenvalue weighted by atomic mass is 16.2. The van der Waals surface area contributed by atoms with Gasteiger partial charge in [-0.25, -0.2) is 15.0 Å². The molecule has 3 aromatic rings. The Balaban J connectivity index is 1.40. The summed E-state index contributed by atoms with van der Waals surface area (Å²) in [5, 5.41) is 0.537. The van der Waals surface area contributed by atoms with E-state index in [9.17, 15) is 9.59 Å². The fourth-order valence-electron chi connectivity index (χ4n) is 4.84. The van der Waals surface area contributed by atoms with E-state index in [-0.39, 0.29) is 23.4 Å². The number of rotatable bonds is 2. The average molecular weight is 389 g/mol. The fraction of sp³-hybridized carbons (Fsp3) is 0.409. The monoisotopic (exact) mass is 389 g/mol. The van der Waals surface area contributed by atoms with Crippen LogP contribution in [0.3, 0.4) is 0 Å². The third-order valence-electron chi connectivity index (χ3n) is 6.33. The van der Waals surface area contributed by atoms with Gasteiger partial charge in [0.25, 0.3) is 5.56 Å². The van der Waals surface area contributed by atoms with Crippen LogP contribution >= 0.6 is 0 Å². The lowest BCUT2D eigenvalue weighted by Crippen LogP contribution is -2.49. The molecular formula is C22H23N5O2. The van der Waals surface area contributed by atoms with E-state index in [1.165, 1.54) is 16.5 Å². The van der Waals surface area contributed by atoms with E-state index in [1.807, 2.05) is 30.2 Å². The largest absolute Gasteiger partial charge is 0.340 e. The number of amides is 1. The van der Waals surface area contributed by atoms with Crippen LogP contribution in [-0.2, 0) is 23.2 Å². The molecule has 1 aromatic carbocycles. The minimum absolute atomic E-state index is 0.0163. The van der Waals surface area contributed by atoms with Crippen LogP contribution in [0.5, 0.6) is 0 Å². The second kappa shape index (κ2) is 6.76. The third-order valence-corrected chi connectivity index (χ3v) is 6.33. The van der Waals surface area contributed by atoms with E-state index in [1.54, 1.807) is 12.1 Å². The molecule has 29 heavy (non-hydrogen) atoms. The quantitative estimate of drug-likeness (QED) is 0.670. The van der Waals surface area contributed by atoms with Gasteiger partial charge in [0.05, 0.1) is 22.9 Å². The molecule has 148 valence electrons. The first-order chi connectivity index (χ1) is 14.1. The van der Waals surface area contributed by atoms with Crippen LogP contribution in [0.15, 0.2) is 41.6 Å². The highest BCUT2D eigenvalue weighted by Crippen LogP contribution is 2.43. The first-order valence-corrected chi connectivity index (χ1v) is 10.1. The van der Waals surface area contributed by atoms with Crippen molar-refractivity contribution in [3.63, 3.8) is 0 Å². The van der Waals surface area contributed by atoms with Crippen molar-refractivity contribution in [1.29, 1.82) is 0 Å². The molecule has 0 N–H and O–H groups in total. The van der Waals surface area contributed by atoms with E-state index < -0.39 is 0 Å². The number of nitrogens with zero attached hydrogens (tertiary/aromatic N) is 5. The molecule has 7 nitrogen and oxygen atoms in total. The third kappa shape index (κ3) is 3.01. The van der Waals surface area contributed by atoms with Gasteiger partial charge in [-0.05, 0) is 50.3 Å². The van der Waals surface area contributed by atoms with Crippen molar-refractivity contribution < 1.29 is 4.79 Å². The molecule has 2 aliphatic rings. The van der Waals surface area contributed by atoms with Crippen LogP contribution in [0.2, 0.25) is 0 Å². The zero-order chi connectivity index (χ0) is 20.0. The highest BCUT2D eigenvalue weighted by molar-refractivity contribution is 5.79. The molecule has 1 saturated heterocycles. The van der Waals surface area contributed by atoms with E-state index in [2.05, 4.69) is 9.97 Å². The Morgan fingerprint density at radius 2 is 2.07 bits per heavy atom. The molecule has 5 rings (SSSR count). The lowest BCUT2D eigenvalue weighted by atomic mass is 9.77. The van der Waals surface area contributed by atoms with Crippen molar-refractivity contribution in [1.82, 2.24) is 24.4 Å². The van der Waals surface area contributed by atoms with Gasteiger partial charge in [0.2, 0.25) is 5.91 Å². The minimum Gasteiger partial charge on any atom is -0.340 e. The Labute approximate surface area is 168 Å². The van der Waals surface area contributed by atoms with E-state index in [4.69, 9.17) is 4.98 Å². The van der Waals surface area contributed by atoms with E-state index >= 15 is 0 Å². The predicted molar refractivity (Wildman–Crippen MR) is 109 cm³/mol. The van der Waals surface area contributed by atoms with Gasteiger partial charge >= 0.3 is 0 Å². The number of fused-ring (bicyclic) bond motifs is 3. The van der Waals surface area contributed by atoms with Crippen LogP contribution in [0.25, 0.3) is 10.9 Å². The molecule has 1 atom stereocenters. The summed E-state index contributed by atoms with van der Waals surface area (Å²) in [6.45, 7) is 3.31. The average Bonchev–Trinajstić information content (AvgIpc) is 3.07. The molecular weight excluding hydrogens is 366 g/mol. The summed E-state index contributed by atoms with van der Waals surface area (Å²) in [5.41, 5.74) is 2.72. The summed E-state index contributed by atoms with van der Waals surface area (Å²) in [7, 11) is 0. The lowest BCUT2D eigenvalue weighted by molar-refractivity contribution is -0.134. The second-order valence-electron chi connectivity index (χ2n) is 8.19. The number of benzene rings is 1. The van der Waals surface area contributed by atoms with Crippen molar-refractivity contribution in [3.05, 3.63) is 64.2 Å². The van der Waals surface area contributed by atoms with Gasteiger partial charge in [-0.2, -0.15) is 0 Å². The van der Waals surface area contributed by atoms with E-state index in [0.717, 1.165) is 43.7 Å². The molecule has 1 unspecified atom stereocenters. The van der Waals surface area contributed by atoms with Gasteiger partial charge in [-0.3, -0.25) is 14.2 Å². The number of carbonyl (C=O) groups excluding carboxylic acids is 1. The summed E-state index contributed by atoms with van der Waals surface area (Å²) in [6.07, 6.45) is 7.36. The van der Waals surface area contributed by atoms with Gasteiger partial charge in [0.15, 0.2) is 0 Å². The Kier molecular flexibility index (Phi) is 4.19. The van der Waals surface area contributed by atoms with Crippen molar-refractivity contribution >= 4 is 16.8 Å². The number of hydrogen-bond donors (Lipinski definition) is 0. The van der Waals surface area contributed by atoms with Crippen LogP contribution < -0.4 is 5.56 Å². The number of para-hydroxylation sites is 1. The molecule has 1 aliphatic heterocycles. The Hall–Kier alpha value is -3.09. The zero-order valence-corrected chi connectivity index (χ0v) is 16.5. The molecule has 3 heterocycles. The SMILES string of the molecule is Cc1ncc2c(n1)C1(CCCN(C(=O)Cn3cnc4ccccc4c3=O)C1)CC2. The summed E-state index contributed by atoms with van der Waals surface area (Å²) in [6, 6.07) is 7.22. The van der Waals surface area contributed by atoms with Gasteiger partial charge in [0, 0.05) is 24.7 Å². The van der Waals surface area contributed by atoms with E-state index in [0.29, 0.717) is 17.4 Å². The maximum absolute atomic E-state index is 13.1. The maximum atomic E-state index is 13.1. The second-order valence-corrected chi connectivity index (χ2v) is 8.19. The number of carbonyl (C=O) groups is 1. The molecule has 1 fully saturated rings. The molecule has 2 aromatic heterocycles. The standard InChI is InChI=1S/C22H23N5O2/c1-15-23-11-16-7-9-22(20(16)25-15)8-4-10-26(13-22)19(28)12-27-14-24-18-6-3-2-5-17(18)21(27)29/h2-3,5-6,11,14H,4,7-10,12-13H2,1H3. The molecule has 1 aliphatic carbocycles. The number of aryl methyl sites for hydroxylation is 2. The number of hydrogen-bond acceptors (Lipinski definition) is 5. The number of piperidine rings is 1. The van der Waals surface area contributed by atoms with Crippen LogP contribution in [0, 0.1) is 6.92 Å². The highest BCUT2D eigenvalue weighted by Gasteiger charge is 2.44. The Bertz CT molecular complexity index is 1170. The minimum atomic E-state index is -0.176. The predicted octanol–water partition coefficient (Wildman–Crippen LogP) is 2.00. The summed E-state index contributed by atoms with van der Waals surface area (Å²) < 4.78 is 1.42. The Morgan fingerprint density at radius 3 is 2.97 bits per heavy atom. The van der Waals surface area contributed by atoms with Crippen LogP contribution in [-0.4, -0.2) is 43.4 Å².